The highest BCUT2D eigenvalue weighted by molar-refractivity contribution is 5.88. The van der Waals surface area contributed by atoms with E-state index >= 15 is 0 Å². The van der Waals surface area contributed by atoms with Gasteiger partial charge in [0.2, 0.25) is 6.29 Å². The maximum Gasteiger partial charge on any atom is 0.334 e. The molecule has 1 saturated carbocycles. The summed E-state index contributed by atoms with van der Waals surface area (Å²) in [5.74, 6) is -3.71. The number of esters is 1. The zero-order valence-corrected chi connectivity index (χ0v) is 26.5. The van der Waals surface area contributed by atoms with E-state index in [0.717, 1.165) is 11.8 Å². The Morgan fingerprint density at radius 2 is 1.77 bits per heavy atom. The largest absolute Gasteiger partial charge is 0.478 e. The van der Waals surface area contributed by atoms with Crippen LogP contribution >= 0.6 is 0 Å². The molecule has 0 amide bonds. The number of carboxylic acid groups (broad SMARTS) is 1. The molecule has 8 N–H and O–H groups in total. The van der Waals surface area contributed by atoms with E-state index in [4.69, 9.17) is 33.5 Å². The number of aliphatic hydroxyl groups excluding tert-OH is 6. The Kier molecular flexibility index (Phi) is 12.6. The molecule has 3 aliphatic heterocycles. The predicted octanol–water partition coefficient (Wildman–Crippen LogP) is -1.56. The summed E-state index contributed by atoms with van der Waals surface area (Å²) in [6.07, 6.45) is -7.87. The minimum atomic E-state index is -2.11. The van der Waals surface area contributed by atoms with E-state index in [1.807, 2.05) is 6.92 Å². The molecule has 0 spiro atoms. The number of hydrogen-bond donors (Lipinski definition) is 8. The molecule has 0 bridgehead atoms. The molecule has 47 heavy (non-hydrogen) atoms. The molecule has 2 saturated heterocycles. The van der Waals surface area contributed by atoms with Crippen molar-refractivity contribution in [2.45, 2.75) is 101 Å². The zero-order chi connectivity index (χ0) is 34.6. The minimum Gasteiger partial charge on any atom is -0.478 e. The third-order valence-electron chi connectivity index (χ3n) is 9.36. The summed E-state index contributed by atoms with van der Waals surface area (Å²) in [6, 6.07) is 0. The summed E-state index contributed by atoms with van der Waals surface area (Å²) < 4.78 is 33.8. The number of carbonyl (C=O) groups is 2. The Morgan fingerprint density at radius 1 is 1.04 bits per heavy atom. The molecule has 0 aromatic carbocycles. The summed E-state index contributed by atoms with van der Waals surface area (Å²) in [6.45, 7) is 3.07. The number of fused-ring (bicyclic) bond motifs is 1. The molecule has 13 atom stereocenters. The quantitative estimate of drug-likeness (QED) is 0.0625. The number of hydrogen-bond acceptors (Lipinski definition) is 15. The van der Waals surface area contributed by atoms with Crippen LogP contribution in [0.25, 0.3) is 0 Å². The first-order valence-corrected chi connectivity index (χ1v) is 15.5. The smallest absolute Gasteiger partial charge is 0.334 e. The molecule has 1 aliphatic carbocycles. The average molecular weight is 675 g/mol. The molecule has 0 aromatic rings. The highest BCUT2D eigenvalue weighted by Crippen LogP contribution is 2.47. The van der Waals surface area contributed by atoms with E-state index in [-0.39, 0.29) is 24.2 Å². The number of allylic oxidation sites excluding steroid dienone is 2. The monoisotopic (exact) mass is 674 g/mol. The molecule has 4 aliphatic rings. The van der Waals surface area contributed by atoms with Crippen LogP contribution < -0.4 is 0 Å². The average Bonchev–Trinajstić information content (AvgIpc) is 3.49. The number of ether oxygens (including phenoxy) is 6. The van der Waals surface area contributed by atoms with Gasteiger partial charge in [0.15, 0.2) is 18.2 Å². The molecule has 0 radical (unpaired) electrons. The standard InChI is InChI=1S/C31H46O16/c1-14(7-8-32)5-4-6-15(2)27(40)43-12-31(41)13-44-30(25(31)37)46-24-23(36)22(35)20(10-33)45-29(24)47-28-21-16(3)19(34)9-17(21)18(11-42-28)26(38)39/h6-7,11,16-17,19-25,28-30,32-37,41H,4-5,8-10,12-13H2,1-3H3,(H,38,39). The maximum absolute atomic E-state index is 12.5. The van der Waals surface area contributed by atoms with Gasteiger partial charge in [0.1, 0.15) is 37.1 Å². The number of aliphatic hydroxyl groups is 7. The van der Waals surface area contributed by atoms with Crippen LogP contribution in [0.2, 0.25) is 0 Å². The van der Waals surface area contributed by atoms with Crippen molar-refractivity contribution in [1.82, 2.24) is 0 Å². The van der Waals surface area contributed by atoms with Gasteiger partial charge in [-0.25, -0.2) is 9.59 Å². The Hall–Kier alpha value is -2.48. The van der Waals surface area contributed by atoms with Crippen LogP contribution in [0.1, 0.15) is 40.0 Å². The van der Waals surface area contributed by atoms with Crippen molar-refractivity contribution in [2.75, 3.05) is 26.4 Å². The van der Waals surface area contributed by atoms with Crippen LogP contribution in [0, 0.1) is 17.8 Å². The molecule has 3 fully saturated rings. The van der Waals surface area contributed by atoms with Crippen molar-refractivity contribution in [3.05, 3.63) is 35.1 Å². The van der Waals surface area contributed by atoms with Crippen LogP contribution in [-0.2, 0) is 38.0 Å². The van der Waals surface area contributed by atoms with Crippen molar-refractivity contribution in [3.63, 3.8) is 0 Å². The Morgan fingerprint density at radius 3 is 2.43 bits per heavy atom. The molecule has 0 aromatic heterocycles. The van der Waals surface area contributed by atoms with Gasteiger partial charge in [-0.2, -0.15) is 0 Å². The lowest BCUT2D eigenvalue weighted by Gasteiger charge is -2.45. The van der Waals surface area contributed by atoms with Gasteiger partial charge in [-0.15, -0.1) is 0 Å². The second-order valence-corrected chi connectivity index (χ2v) is 12.6. The molecule has 3 heterocycles. The van der Waals surface area contributed by atoms with Gasteiger partial charge in [0, 0.05) is 17.4 Å². The van der Waals surface area contributed by atoms with Crippen molar-refractivity contribution in [2.24, 2.45) is 17.8 Å². The van der Waals surface area contributed by atoms with Crippen LogP contribution in [0.15, 0.2) is 35.1 Å². The summed E-state index contributed by atoms with van der Waals surface area (Å²) in [5.41, 5.74) is -0.943. The molecular formula is C31H46O16. The first-order chi connectivity index (χ1) is 22.2. The fourth-order valence-electron chi connectivity index (χ4n) is 6.33. The van der Waals surface area contributed by atoms with Gasteiger partial charge >= 0.3 is 11.9 Å². The topological polar surface area (TPSA) is 251 Å². The number of carboxylic acids is 1. The van der Waals surface area contributed by atoms with Gasteiger partial charge in [-0.05, 0) is 39.0 Å². The van der Waals surface area contributed by atoms with Crippen molar-refractivity contribution in [3.8, 4) is 0 Å². The highest BCUT2D eigenvalue weighted by Gasteiger charge is 2.56. The second kappa shape index (κ2) is 15.8. The lowest BCUT2D eigenvalue weighted by atomic mass is 9.83. The normalized spacial score (nSPS) is 40.9. The second-order valence-electron chi connectivity index (χ2n) is 12.6. The third kappa shape index (κ3) is 8.22. The summed E-state index contributed by atoms with van der Waals surface area (Å²) in [7, 11) is 0. The van der Waals surface area contributed by atoms with Gasteiger partial charge in [-0.3, -0.25) is 0 Å². The fourth-order valence-corrected chi connectivity index (χ4v) is 6.33. The van der Waals surface area contributed by atoms with Crippen LogP contribution in [0.5, 0.6) is 0 Å². The summed E-state index contributed by atoms with van der Waals surface area (Å²) >= 11 is 0. The van der Waals surface area contributed by atoms with Crippen LogP contribution in [-0.4, -0.2) is 140 Å². The molecular weight excluding hydrogens is 628 g/mol. The molecule has 266 valence electrons. The van der Waals surface area contributed by atoms with E-state index in [9.17, 15) is 45.3 Å². The highest BCUT2D eigenvalue weighted by atomic mass is 16.8. The first kappa shape index (κ1) is 37.3. The Labute approximate surface area is 271 Å². The predicted molar refractivity (Wildman–Crippen MR) is 157 cm³/mol. The minimum absolute atomic E-state index is 0.0437. The maximum atomic E-state index is 12.5. The summed E-state index contributed by atoms with van der Waals surface area (Å²) in [5, 5.41) is 82.4. The van der Waals surface area contributed by atoms with E-state index < -0.39 is 111 Å². The van der Waals surface area contributed by atoms with E-state index in [2.05, 4.69) is 0 Å². The van der Waals surface area contributed by atoms with E-state index in [1.165, 1.54) is 6.92 Å². The van der Waals surface area contributed by atoms with Crippen molar-refractivity contribution >= 4 is 11.9 Å². The van der Waals surface area contributed by atoms with Crippen molar-refractivity contribution in [1.29, 1.82) is 0 Å². The van der Waals surface area contributed by atoms with Crippen LogP contribution in [0.3, 0.4) is 0 Å². The lowest BCUT2D eigenvalue weighted by molar-refractivity contribution is -0.365. The first-order valence-electron chi connectivity index (χ1n) is 15.5. The van der Waals surface area contributed by atoms with Crippen LogP contribution in [0.4, 0.5) is 0 Å². The third-order valence-corrected chi connectivity index (χ3v) is 9.36. The van der Waals surface area contributed by atoms with Gasteiger partial charge in [0.25, 0.3) is 0 Å². The van der Waals surface area contributed by atoms with Gasteiger partial charge in [-0.1, -0.05) is 24.6 Å². The molecule has 16 heteroatoms. The zero-order valence-electron chi connectivity index (χ0n) is 26.5. The number of rotatable bonds is 13. The Bertz CT molecular complexity index is 1200. The summed E-state index contributed by atoms with van der Waals surface area (Å²) in [4.78, 5) is 24.3. The van der Waals surface area contributed by atoms with E-state index in [1.54, 1.807) is 19.1 Å². The van der Waals surface area contributed by atoms with E-state index in [0.29, 0.717) is 12.8 Å². The lowest BCUT2D eigenvalue weighted by Crippen LogP contribution is -2.62. The Balaban J connectivity index is 1.43. The SMILES string of the molecule is CC(=CCO)CCC=C(C)C(=O)OCC1(O)COC(OC2C(OC3OC=C(C(=O)O)C4CC(O)C(C)C34)OC(CO)C(O)C2O)C1O. The van der Waals surface area contributed by atoms with Gasteiger partial charge < -0.3 is 69.3 Å². The number of aliphatic carboxylic acids is 1. The molecule has 16 nitrogen and oxygen atoms in total. The number of carbonyl (C=O) groups excluding carboxylic acids is 1. The van der Waals surface area contributed by atoms with Crippen molar-refractivity contribution < 1.29 is 78.9 Å². The van der Waals surface area contributed by atoms with Gasteiger partial charge in [0.05, 0.1) is 37.8 Å². The fraction of sp³-hybridized carbons (Fsp3) is 0.742. The molecule has 4 rings (SSSR count). The molecule has 13 unspecified atom stereocenters.